The zero-order valence-corrected chi connectivity index (χ0v) is 17.9. The van der Waals surface area contributed by atoms with Crippen molar-refractivity contribution in [2.75, 3.05) is 0 Å². The lowest BCUT2D eigenvalue weighted by Gasteiger charge is -2.43. The summed E-state index contributed by atoms with van der Waals surface area (Å²) >= 11 is 0. The first-order valence-corrected chi connectivity index (χ1v) is 10.4. The Kier molecular flexibility index (Phi) is 5.93. The number of benzene rings is 2. The minimum Gasteiger partial charge on any atom is -0.460 e. The first-order valence-electron chi connectivity index (χ1n) is 10.4. The van der Waals surface area contributed by atoms with Gasteiger partial charge < -0.3 is 10.1 Å². The van der Waals surface area contributed by atoms with Gasteiger partial charge in [-0.15, -0.1) is 0 Å². The average molecular weight is 465 g/mol. The van der Waals surface area contributed by atoms with Gasteiger partial charge in [-0.05, 0) is 29.8 Å². The fourth-order valence-corrected chi connectivity index (χ4v) is 4.00. The molecule has 0 unspecified atom stereocenters. The summed E-state index contributed by atoms with van der Waals surface area (Å²) < 4.78 is 5.06. The number of carbonyl (C=O) groups excluding carboxylic acids is 5. The van der Waals surface area contributed by atoms with Crippen LogP contribution in [-0.4, -0.2) is 45.5 Å². The Morgan fingerprint density at radius 2 is 1.65 bits per heavy atom. The maximum atomic E-state index is 12.7. The molecule has 1 saturated heterocycles. The van der Waals surface area contributed by atoms with Crippen molar-refractivity contribution in [2.45, 2.75) is 26.1 Å². The zero-order valence-electron chi connectivity index (χ0n) is 17.9. The summed E-state index contributed by atoms with van der Waals surface area (Å²) in [6.07, 6.45) is -1.60. The van der Waals surface area contributed by atoms with E-state index in [0.29, 0.717) is 5.56 Å². The molecule has 0 spiro atoms. The zero-order chi connectivity index (χ0) is 24.6. The number of β-lactam (4-membered cyclic amide) rings is 1. The number of hydrogen-bond acceptors (Lipinski definition) is 8. The van der Waals surface area contributed by atoms with Crippen LogP contribution in [0.3, 0.4) is 0 Å². The smallest absolute Gasteiger partial charge is 0.313 e. The Bertz CT molecular complexity index is 1190. The van der Waals surface area contributed by atoms with Crippen LogP contribution in [0.2, 0.25) is 0 Å². The quantitative estimate of drug-likeness (QED) is 0.154. The highest BCUT2D eigenvalue weighted by atomic mass is 16.6. The van der Waals surface area contributed by atoms with Crippen molar-refractivity contribution in [3.05, 3.63) is 75.3 Å². The molecule has 2 aliphatic rings. The molecule has 0 bridgehead atoms. The lowest BCUT2D eigenvalue weighted by atomic mass is 9.80. The molecule has 174 valence electrons. The van der Waals surface area contributed by atoms with Gasteiger partial charge in [0.2, 0.25) is 5.91 Å². The van der Waals surface area contributed by atoms with Crippen LogP contribution in [0.25, 0.3) is 0 Å². The molecule has 3 amide bonds. The van der Waals surface area contributed by atoms with Gasteiger partial charge in [-0.1, -0.05) is 19.1 Å². The van der Waals surface area contributed by atoms with Crippen molar-refractivity contribution in [1.29, 1.82) is 0 Å². The number of ether oxygens (including phenoxy) is 1. The third-order valence-electron chi connectivity index (χ3n) is 5.95. The van der Waals surface area contributed by atoms with E-state index < -0.39 is 58.8 Å². The van der Waals surface area contributed by atoms with E-state index in [4.69, 9.17) is 4.74 Å². The average Bonchev–Trinajstić information content (AvgIpc) is 3.06. The van der Waals surface area contributed by atoms with E-state index in [1.807, 2.05) is 0 Å². The maximum absolute atomic E-state index is 12.7. The Labute approximate surface area is 192 Å². The molecule has 0 radical (unpaired) electrons. The number of esters is 1. The number of imide groups is 1. The first-order chi connectivity index (χ1) is 16.2. The number of Topliss-reactive ketones (excluding diaryl/α,β-unsaturated/α-hetero) is 1. The van der Waals surface area contributed by atoms with Crippen LogP contribution in [0.1, 0.15) is 39.6 Å². The van der Waals surface area contributed by atoms with Gasteiger partial charge in [-0.2, -0.15) is 0 Å². The number of nitrogens with zero attached hydrogens (tertiary/aromatic N) is 2. The minimum absolute atomic E-state index is 0.106. The standard InChI is InChI=1S/C23H19N3O8/c1-12(17(27)10-18(28)34-11-13-6-8-14(9-7-13)26(32)33)19-20(24-21(19)29)25-22(30)15-4-2-3-5-16(15)23(25)31/h2-9,12,19-20H,10-11H2,1H3,(H,24,29)/t12-,19+,20-/m1/s1. The molecule has 11 heteroatoms. The van der Waals surface area contributed by atoms with Crippen molar-refractivity contribution in [1.82, 2.24) is 10.2 Å². The number of hydrogen-bond donors (Lipinski definition) is 1. The summed E-state index contributed by atoms with van der Waals surface area (Å²) in [6.45, 7) is 1.28. The van der Waals surface area contributed by atoms with Crippen LogP contribution < -0.4 is 5.32 Å². The van der Waals surface area contributed by atoms with Gasteiger partial charge in [0, 0.05) is 18.1 Å². The van der Waals surface area contributed by atoms with Gasteiger partial charge in [0.05, 0.1) is 22.0 Å². The highest BCUT2D eigenvalue weighted by Crippen LogP contribution is 2.33. The molecule has 34 heavy (non-hydrogen) atoms. The molecule has 4 rings (SSSR count). The lowest BCUT2D eigenvalue weighted by molar-refractivity contribution is -0.384. The summed E-state index contributed by atoms with van der Waals surface area (Å²) in [5.41, 5.74) is 0.844. The normalized spacial score (nSPS) is 19.7. The van der Waals surface area contributed by atoms with Crippen LogP contribution in [0.4, 0.5) is 5.69 Å². The van der Waals surface area contributed by atoms with Gasteiger partial charge in [-0.3, -0.25) is 39.0 Å². The molecule has 3 atom stereocenters. The number of ketones is 1. The van der Waals surface area contributed by atoms with E-state index in [1.165, 1.54) is 43.3 Å². The molecule has 0 aromatic heterocycles. The summed E-state index contributed by atoms with van der Waals surface area (Å²) in [5.74, 6) is -4.95. The molecule has 11 nitrogen and oxygen atoms in total. The van der Waals surface area contributed by atoms with Crippen LogP contribution in [0, 0.1) is 22.0 Å². The van der Waals surface area contributed by atoms with E-state index in [0.717, 1.165) is 4.90 Å². The largest absolute Gasteiger partial charge is 0.460 e. The Morgan fingerprint density at radius 3 is 2.18 bits per heavy atom. The van der Waals surface area contributed by atoms with E-state index in [2.05, 4.69) is 5.32 Å². The van der Waals surface area contributed by atoms with Crippen molar-refractivity contribution in [3.8, 4) is 0 Å². The molecule has 2 aliphatic heterocycles. The number of nitrogens with one attached hydrogen (secondary N) is 1. The Balaban J connectivity index is 1.36. The second kappa shape index (κ2) is 8.85. The van der Waals surface area contributed by atoms with Crippen molar-refractivity contribution in [3.63, 3.8) is 0 Å². The second-order valence-electron chi connectivity index (χ2n) is 8.02. The summed E-state index contributed by atoms with van der Waals surface area (Å²) in [7, 11) is 0. The van der Waals surface area contributed by atoms with Crippen LogP contribution in [0.5, 0.6) is 0 Å². The SMILES string of the molecule is C[C@H](C(=O)CC(=O)OCc1ccc([N+](=O)[O-])cc1)[C@@H]1C(=O)N[C@@H]1N1C(=O)c2ccccc2C1=O. The highest BCUT2D eigenvalue weighted by Gasteiger charge is 2.53. The topological polar surface area (TPSA) is 153 Å². The fraction of sp³-hybridized carbons (Fsp3) is 0.261. The van der Waals surface area contributed by atoms with E-state index in [1.54, 1.807) is 12.1 Å². The summed E-state index contributed by atoms with van der Waals surface area (Å²) in [5, 5.41) is 13.2. The molecule has 1 N–H and O–H groups in total. The molecule has 2 aromatic carbocycles. The highest BCUT2D eigenvalue weighted by molar-refractivity contribution is 6.22. The molecule has 1 fully saturated rings. The van der Waals surface area contributed by atoms with Crippen molar-refractivity contribution in [2.24, 2.45) is 11.8 Å². The number of carbonyl (C=O) groups is 5. The molecule has 0 saturated carbocycles. The van der Waals surface area contributed by atoms with E-state index in [-0.39, 0.29) is 23.4 Å². The Morgan fingerprint density at radius 1 is 1.06 bits per heavy atom. The fourth-order valence-electron chi connectivity index (χ4n) is 4.00. The number of rotatable bonds is 8. The minimum atomic E-state index is -0.991. The monoisotopic (exact) mass is 465 g/mol. The predicted octanol–water partition coefficient (Wildman–Crippen LogP) is 1.60. The van der Waals surface area contributed by atoms with Gasteiger partial charge in [0.25, 0.3) is 17.5 Å². The van der Waals surface area contributed by atoms with Gasteiger partial charge in [-0.25, -0.2) is 0 Å². The van der Waals surface area contributed by atoms with Gasteiger partial charge in [0.1, 0.15) is 25.0 Å². The molecule has 2 heterocycles. The third kappa shape index (κ3) is 4.03. The van der Waals surface area contributed by atoms with Crippen molar-refractivity contribution >= 4 is 35.2 Å². The van der Waals surface area contributed by atoms with Crippen molar-refractivity contribution < 1.29 is 33.6 Å². The predicted molar refractivity (Wildman–Crippen MR) is 114 cm³/mol. The van der Waals surface area contributed by atoms with Gasteiger partial charge in [0.15, 0.2) is 0 Å². The maximum Gasteiger partial charge on any atom is 0.313 e. The summed E-state index contributed by atoms with van der Waals surface area (Å²) in [4.78, 5) is 73.5. The molecule has 2 aromatic rings. The first kappa shape index (κ1) is 22.8. The number of nitro groups is 1. The number of amides is 3. The van der Waals surface area contributed by atoms with E-state index >= 15 is 0 Å². The van der Waals surface area contributed by atoms with E-state index in [9.17, 15) is 34.1 Å². The van der Waals surface area contributed by atoms with Gasteiger partial charge >= 0.3 is 5.97 Å². The Hall–Kier alpha value is -4.41. The van der Waals surface area contributed by atoms with Crippen LogP contribution in [-0.2, 0) is 25.7 Å². The third-order valence-corrected chi connectivity index (χ3v) is 5.95. The van der Waals surface area contributed by atoms with Crippen LogP contribution in [0.15, 0.2) is 48.5 Å². The molecular weight excluding hydrogens is 446 g/mol. The lowest BCUT2D eigenvalue weighted by Crippen LogP contribution is -2.69. The molecule has 0 aliphatic carbocycles. The summed E-state index contributed by atoms with van der Waals surface area (Å²) in [6, 6.07) is 11.7. The number of nitro benzene ring substituents is 1. The second-order valence-corrected chi connectivity index (χ2v) is 8.02. The molecular formula is C23H19N3O8. The van der Waals surface area contributed by atoms with Crippen LogP contribution >= 0.6 is 0 Å². The number of fused-ring (bicyclic) bond motifs is 1. The number of non-ortho nitro benzene ring substituents is 1.